The smallest absolute Gasteiger partial charge is 0.233 e. The largest absolute Gasteiger partial charge is 0.368 e. The van der Waals surface area contributed by atoms with Crippen LogP contribution in [0.2, 0.25) is 0 Å². The number of benzene rings is 1. The summed E-state index contributed by atoms with van der Waals surface area (Å²) in [5, 5.41) is 12.2. The van der Waals surface area contributed by atoms with Crippen molar-refractivity contribution in [1.29, 1.82) is 0 Å². The lowest BCUT2D eigenvalue weighted by atomic mass is 9.84. The van der Waals surface area contributed by atoms with Crippen molar-refractivity contribution in [2.24, 2.45) is 17.8 Å². The molecule has 3 aromatic rings. The first-order valence-corrected chi connectivity index (χ1v) is 14.7. The van der Waals surface area contributed by atoms with Gasteiger partial charge in [-0.05, 0) is 67.5 Å². The van der Waals surface area contributed by atoms with Gasteiger partial charge in [0.05, 0.1) is 10.6 Å². The summed E-state index contributed by atoms with van der Waals surface area (Å²) >= 11 is 3.27. The summed E-state index contributed by atoms with van der Waals surface area (Å²) in [6.45, 7) is 5.63. The molecule has 3 heterocycles. The molecule has 2 aliphatic carbocycles. The van der Waals surface area contributed by atoms with Crippen LogP contribution in [0.5, 0.6) is 0 Å². The third-order valence-corrected chi connectivity index (χ3v) is 10.1. The average molecular weight is 508 g/mol. The number of nitrogens with zero attached hydrogens (tertiary/aromatic N) is 5. The third-order valence-electron chi connectivity index (χ3n) is 8.30. The molecule has 0 N–H and O–H groups in total. The van der Waals surface area contributed by atoms with Crippen molar-refractivity contribution in [2.75, 3.05) is 36.8 Å². The summed E-state index contributed by atoms with van der Waals surface area (Å²) < 4.78 is 2.35. The number of thioether (sulfide) groups is 1. The summed E-state index contributed by atoms with van der Waals surface area (Å²) in [4.78, 5) is 18.6. The first-order chi connectivity index (χ1) is 17.2. The molecule has 0 radical (unpaired) electrons. The summed E-state index contributed by atoms with van der Waals surface area (Å²) in [7, 11) is 0. The lowest BCUT2D eigenvalue weighted by Crippen LogP contribution is -2.49. The number of carbonyl (C=O) groups excluding carboxylic acids is 1. The fraction of sp³-hybridized carbons (Fsp3) is 0.519. The van der Waals surface area contributed by atoms with Crippen LogP contribution in [-0.4, -0.2) is 57.5 Å². The molecule has 1 aromatic carbocycles. The Morgan fingerprint density at radius 1 is 1.06 bits per heavy atom. The number of para-hydroxylation sites is 1. The number of carbonyl (C=O) groups is 1. The Labute approximate surface area is 215 Å². The minimum Gasteiger partial charge on any atom is -0.368 e. The van der Waals surface area contributed by atoms with Crippen LogP contribution in [-0.2, 0) is 4.79 Å². The van der Waals surface area contributed by atoms with Crippen molar-refractivity contribution in [2.45, 2.75) is 43.8 Å². The molecule has 1 saturated heterocycles. The van der Waals surface area contributed by atoms with Crippen LogP contribution in [0.25, 0.3) is 10.7 Å². The zero-order valence-corrected chi connectivity index (χ0v) is 21.9. The van der Waals surface area contributed by atoms with Crippen LogP contribution < -0.4 is 4.90 Å². The number of fused-ring (bicyclic) bond motifs is 2. The predicted molar refractivity (Wildman–Crippen MR) is 143 cm³/mol. The second-order valence-corrected chi connectivity index (χ2v) is 12.1. The zero-order valence-electron chi connectivity index (χ0n) is 20.3. The molecule has 6 rings (SSSR count). The molecule has 2 saturated carbocycles. The molecule has 6 nitrogen and oxygen atoms in total. The molecule has 35 heavy (non-hydrogen) atoms. The van der Waals surface area contributed by atoms with Crippen molar-refractivity contribution < 1.29 is 4.79 Å². The summed E-state index contributed by atoms with van der Waals surface area (Å²) in [6, 6.07) is 15.0. The van der Waals surface area contributed by atoms with Gasteiger partial charge in [0.2, 0.25) is 5.91 Å². The topological polar surface area (TPSA) is 54.3 Å². The molecule has 1 amide bonds. The van der Waals surface area contributed by atoms with Crippen LogP contribution in [0.4, 0.5) is 5.69 Å². The zero-order chi connectivity index (χ0) is 23.8. The summed E-state index contributed by atoms with van der Waals surface area (Å²) in [5.41, 5.74) is 1.23. The standard InChI is InChI=1S/C27H33N5OS2/c1-19(23-17-20-9-10-21(23)16-20)32-26(24-8-5-15-34-24)28-29-27(32)35-18-25(33)31-13-11-30(12-14-31)22-6-3-2-4-7-22/h2-8,15,19-21,23H,9-14,16-18H2,1H3/t19-,20-,21-,23-/m0/s1. The number of piperazine rings is 1. The van der Waals surface area contributed by atoms with Gasteiger partial charge in [-0.2, -0.15) is 0 Å². The van der Waals surface area contributed by atoms with Crippen molar-refractivity contribution in [1.82, 2.24) is 19.7 Å². The van der Waals surface area contributed by atoms with Gasteiger partial charge in [0, 0.05) is 37.9 Å². The van der Waals surface area contributed by atoms with Gasteiger partial charge in [-0.15, -0.1) is 21.5 Å². The van der Waals surface area contributed by atoms with E-state index in [1.165, 1.54) is 31.4 Å². The van der Waals surface area contributed by atoms with Gasteiger partial charge in [0.15, 0.2) is 11.0 Å². The first kappa shape index (κ1) is 23.1. The molecular formula is C27H33N5OS2. The number of hydrogen-bond donors (Lipinski definition) is 0. The molecule has 0 spiro atoms. The van der Waals surface area contributed by atoms with E-state index in [1.807, 2.05) is 11.0 Å². The number of thiophene rings is 1. The monoisotopic (exact) mass is 507 g/mol. The van der Waals surface area contributed by atoms with Gasteiger partial charge >= 0.3 is 0 Å². The molecule has 3 aliphatic rings. The molecule has 0 unspecified atom stereocenters. The Hall–Kier alpha value is -2.32. The molecule has 1 aliphatic heterocycles. The molecule has 8 heteroatoms. The van der Waals surface area contributed by atoms with Gasteiger partial charge in [0.1, 0.15) is 0 Å². The average Bonchev–Trinajstić information content (AvgIpc) is 3.72. The van der Waals surface area contributed by atoms with Crippen molar-refractivity contribution in [3.63, 3.8) is 0 Å². The Kier molecular flexibility index (Phi) is 6.58. The second-order valence-electron chi connectivity index (χ2n) is 10.2. The van der Waals surface area contributed by atoms with Gasteiger partial charge in [-0.25, -0.2) is 0 Å². The Bertz CT molecular complexity index is 1140. The van der Waals surface area contributed by atoms with E-state index in [4.69, 9.17) is 0 Å². The van der Waals surface area contributed by atoms with E-state index in [0.29, 0.717) is 17.7 Å². The molecule has 2 bridgehead atoms. The lowest BCUT2D eigenvalue weighted by molar-refractivity contribution is -0.128. The third kappa shape index (κ3) is 4.62. The van der Waals surface area contributed by atoms with Crippen LogP contribution in [0.1, 0.15) is 38.6 Å². The summed E-state index contributed by atoms with van der Waals surface area (Å²) in [6.07, 6.45) is 5.48. The highest BCUT2D eigenvalue weighted by Crippen LogP contribution is 2.53. The number of aromatic nitrogens is 3. The SMILES string of the molecule is C[C@@H]([C@@H]1C[C@H]2CC[C@H]1C2)n1c(SCC(=O)N2CCN(c3ccccc3)CC2)nnc1-c1cccs1. The van der Waals surface area contributed by atoms with Gasteiger partial charge in [-0.3, -0.25) is 9.36 Å². The Morgan fingerprint density at radius 2 is 1.89 bits per heavy atom. The molecule has 2 aromatic heterocycles. The predicted octanol–water partition coefficient (Wildman–Crippen LogP) is 5.44. The molecule has 4 atom stereocenters. The maximum atomic E-state index is 13.1. The van der Waals surface area contributed by atoms with Crippen LogP contribution in [0.15, 0.2) is 53.0 Å². The minimum atomic E-state index is 0.197. The first-order valence-electron chi connectivity index (χ1n) is 12.9. The highest BCUT2D eigenvalue weighted by molar-refractivity contribution is 7.99. The van der Waals surface area contributed by atoms with Crippen LogP contribution in [0.3, 0.4) is 0 Å². The van der Waals surface area contributed by atoms with E-state index >= 15 is 0 Å². The quantitative estimate of drug-likeness (QED) is 0.398. The van der Waals surface area contributed by atoms with E-state index in [9.17, 15) is 4.79 Å². The van der Waals surface area contributed by atoms with Gasteiger partial charge in [0.25, 0.3) is 0 Å². The lowest BCUT2D eigenvalue weighted by Gasteiger charge is -2.36. The Morgan fingerprint density at radius 3 is 2.57 bits per heavy atom. The highest BCUT2D eigenvalue weighted by Gasteiger charge is 2.43. The van der Waals surface area contributed by atoms with E-state index < -0.39 is 0 Å². The second kappa shape index (κ2) is 9.97. The highest BCUT2D eigenvalue weighted by atomic mass is 32.2. The minimum absolute atomic E-state index is 0.197. The molecular weight excluding hydrogens is 474 g/mol. The Balaban J connectivity index is 1.14. The number of amides is 1. The maximum Gasteiger partial charge on any atom is 0.233 e. The normalized spacial score (nSPS) is 24.8. The number of rotatable bonds is 7. The fourth-order valence-corrected chi connectivity index (χ4v) is 8.09. The van der Waals surface area contributed by atoms with E-state index in [1.54, 1.807) is 23.1 Å². The van der Waals surface area contributed by atoms with Crippen molar-refractivity contribution in [3.05, 3.63) is 47.8 Å². The molecule has 184 valence electrons. The summed E-state index contributed by atoms with van der Waals surface area (Å²) in [5.74, 6) is 3.99. The number of anilines is 1. The van der Waals surface area contributed by atoms with Crippen molar-refractivity contribution >= 4 is 34.7 Å². The van der Waals surface area contributed by atoms with Crippen molar-refractivity contribution in [3.8, 4) is 10.7 Å². The van der Waals surface area contributed by atoms with E-state index in [-0.39, 0.29) is 5.91 Å². The van der Waals surface area contributed by atoms with E-state index in [0.717, 1.165) is 53.9 Å². The van der Waals surface area contributed by atoms with Gasteiger partial charge < -0.3 is 9.80 Å². The van der Waals surface area contributed by atoms with Gasteiger partial charge in [-0.1, -0.05) is 42.4 Å². The maximum absolute atomic E-state index is 13.1. The fourth-order valence-electron chi connectivity index (χ4n) is 6.46. The van der Waals surface area contributed by atoms with E-state index in [2.05, 4.69) is 68.4 Å². The molecule has 3 fully saturated rings. The van der Waals surface area contributed by atoms with Crippen LogP contribution in [0, 0.1) is 17.8 Å². The number of hydrogen-bond acceptors (Lipinski definition) is 6. The van der Waals surface area contributed by atoms with Crippen LogP contribution >= 0.6 is 23.1 Å².